The van der Waals surface area contributed by atoms with Gasteiger partial charge in [0.1, 0.15) is 0 Å². The molecule has 0 aliphatic carbocycles. The first-order valence-corrected chi connectivity index (χ1v) is 7.19. The van der Waals surface area contributed by atoms with E-state index >= 15 is 0 Å². The molecule has 0 fully saturated rings. The molecule has 2 aromatic rings. The molecular formula is C14H13NO4S. The molecule has 0 atom stereocenters. The Hall–Kier alpha value is -2.34. The minimum absolute atomic E-state index is 0.0754. The van der Waals surface area contributed by atoms with Crippen molar-refractivity contribution in [2.75, 3.05) is 7.11 Å². The van der Waals surface area contributed by atoms with E-state index < -0.39 is 10.0 Å². The molecule has 2 aromatic carbocycles. The lowest BCUT2D eigenvalue weighted by molar-refractivity contribution is 0.373. The van der Waals surface area contributed by atoms with E-state index in [4.69, 9.17) is 4.74 Å². The molecule has 0 spiro atoms. The van der Waals surface area contributed by atoms with Gasteiger partial charge >= 0.3 is 0 Å². The van der Waals surface area contributed by atoms with Crippen LogP contribution >= 0.6 is 0 Å². The van der Waals surface area contributed by atoms with Crippen molar-refractivity contribution in [3.63, 3.8) is 0 Å². The van der Waals surface area contributed by atoms with Crippen molar-refractivity contribution in [3.05, 3.63) is 54.1 Å². The monoisotopic (exact) mass is 291 g/mol. The molecule has 0 heterocycles. The maximum atomic E-state index is 11.9. The van der Waals surface area contributed by atoms with Crippen LogP contribution in [0.5, 0.6) is 11.5 Å². The quantitative estimate of drug-likeness (QED) is 0.876. The zero-order valence-electron chi connectivity index (χ0n) is 10.7. The molecule has 0 radical (unpaired) electrons. The Morgan fingerprint density at radius 2 is 1.85 bits per heavy atom. The highest BCUT2D eigenvalue weighted by Gasteiger charge is 2.10. The van der Waals surface area contributed by atoms with Crippen molar-refractivity contribution in [3.8, 4) is 11.5 Å². The fourth-order valence-corrected chi connectivity index (χ4v) is 2.45. The number of methoxy groups -OCH3 is 1. The summed E-state index contributed by atoms with van der Waals surface area (Å²) in [7, 11) is -2.30. The van der Waals surface area contributed by atoms with Gasteiger partial charge in [0.2, 0.25) is 0 Å². The summed E-state index contributed by atoms with van der Waals surface area (Å²) in [6.45, 7) is 0. The lowest BCUT2D eigenvalue weighted by atomic mass is 10.2. The van der Waals surface area contributed by atoms with Crippen LogP contribution in [-0.2, 0) is 10.0 Å². The van der Waals surface area contributed by atoms with E-state index in [1.807, 2.05) is 0 Å². The smallest absolute Gasteiger partial charge is 0.282 e. The van der Waals surface area contributed by atoms with Crippen molar-refractivity contribution in [1.29, 1.82) is 0 Å². The van der Waals surface area contributed by atoms with E-state index in [2.05, 4.69) is 4.40 Å². The Balaban J connectivity index is 2.28. The normalized spacial score (nSPS) is 11.7. The van der Waals surface area contributed by atoms with Crippen LogP contribution in [0, 0.1) is 0 Å². The van der Waals surface area contributed by atoms with Gasteiger partial charge in [0, 0.05) is 6.21 Å². The van der Waals surface area contributed by atoms with E-state index in [0.29, 0.717) is 11.3 Å². The van der Waals surface area contributed by atoms with Crippen LogP contribution in [0.25, 0.3) is 0 Å². The highest BCUT2D eigenvalue weighted by Crippen LogP contribution is 2.25. The zero-order valence-corrected chi connectivity index (χ0v) is 11.5. The largest absolute Gasteiger partial charge is 0.504 e. The van der Waals surface area contributed by atoms with E-state index in [1.54, 1.807) is 24.3 Å². The van der Waals surface area contributed by atoms with Gasteiger partial charge in [-0.25, -0.2) is 0 Å². The first-order chi connectivity index (χ1) is 9.53. The number of aromatic hydroxyl groups is 1. The van der Waals surface area contributed by atoms with Crippen LogP contribution in [0.15, 0.2) is 57.8 Å². The molecule has 6 heteroatoms. The summed E-state index contributed by atoms with van der Waals surface area (Å²) < 4.78 is 32.3. The predicted molar refractivity (Wildman–Crippen MR) is 75.9 cm³/mol. The van der Waals surface area contributed by atoms with Crippen LogP contribution in [0.2, 0.25) is 0 Å². The molecule has 0 bridgehead atoms. The molecule has 1 N–H and O–H groups in total. The SMILES string of the molecule is COc1ccc(/C=N\S(=O)(=O)c2ccccc2)cc1O. The fraction of sp³-hybridized carbons (Fsp3) is 0.0714. The van der Waals surface area contributed by atoms with E-state index in [9.17, 15) is 13.5 Å². The molecule has 2 rings (SSSR count). The number of sulfonamides is 1. The van der Waals surface area contributed by atoms with Crippen molar-refractivity contribution >= 4 is 16.2 Å². The van der Waals surface area contributed by atoms with Crippen molar-refractivity contribution in [2.24, 2.45) is 4.40 Å². The Morgan fingerprint density at radius 3 is 2.45 bits per heavy atom. The summed E-state index contributed by atoms with van der Waals surface area (Å²) in [5, 5.41) is 9.60. The highest BCUT2D eigenvalue weighted by atomic mass is 32.2. The second-order valence-corrected chi connectivity index (χ2v) is 5.59. The van der Waals surface area contributed by atoms with Gasteiger partial charge in [0.25, 0.3) is 10.0 Å². The molecule has 0 aliphatic rings. The second kappa shape index (κ2) is 5.75. The molecular weight excluding hydrogens is 278 g/mol. The average Bonchev–Trinajstić information content (AvgIpc) is 2.46. The molecule has 0 aliphatic heterocycles. The van der Waals surface area contributed by atoms with Gasteiger partial charge in [0.05, 0.1) is 12.0 Å². The van der Waals surface area contributed by atoms with Gasteiger partial charge in [-0.05, 0) is 35.9 Å². The maximum Gasteiger partial charge on any atom is 0.282 e. The van der Waals surface area contributed by atoms with Crippen LogP contribution in [0.3, 0.4) is 0 Å². The van der Waals surface area contributed by atoms with Crippen molar-refractivity contribution in [2.45, 2.75) is 4.90 Å². The molecule has 20 heavy (non-hydrogen) atoms. The summed E-state index contributed by atoms with van der Waals surface area (Å²) in [6.07, 6.45) is 1.18. The van der Waals surface area contributed by atoms with E-state index in [1.165, 1.54) is 37.6 Å². The lowest BCUT2D eigenvalue weighted by Crippen LogP contribution is -1.97. The zero-order chi connectivity index (χ0) is 14.6. The van der Waals surface area contributed by atoms with Crippen LogP contribution < -0.4 is 4.74 Å². The Kier molecular flexibility index (Phi) is 4.05. The minimum atomic E-state index is -3.73. The highest BCUT2D eigenvalue weighted by molar-refractivity contribution is 7.90. The second-order valence-electron chi connectivity index (χ2n) is 3.95. The molecule has 0 amide bonds. The van der Waals surface area contributed by atoms with Gasteiger partial charge in [-0.1, -0.05) is 18.2 Å². The van der Waals surface area contributed by atoms with E-state index in [-0.39, 0.29) is 10.6 Å². The van der Waals surface area contributed by atoms with E-state index in [0.717, 1.165) is 0 Å². The molecule has 0 unspecified atom stereocenters. The number of ether oxygens (including phenoxy) is 1. The number of rotatable bonds is 4. The molecule has 104 valence electrons. The van der Waals surface area contributed by atoms with Crippen molar-refractivity contribution in [1.82, 2.24) is 0 Å². The third kappa shape index (κ3) is 3.16. The molecule has 0 aromatic heterocycles. The van der Waals surface area contributed by atoms with Crippen molar-refractivity contribution < 1.29 is 18.3 Å². The first kappa shape index (κ1) is 14.1. The van der Waals surface area contributed by atoms with Crippen LogP contribution in [0.4, 0.5) is 0 Å². The maximum absolute atomic E-state index is 11.9. The number of nitrogens with zero attached hydrogens (tertiary/aromatic N) is 1. The average molecular weight is 291 g/mol. The summed E-state index contributed by atoms with van der Waals surface area (Å²) in [4.78, 5) is 0.119. The first-order valence-electron chi connectivity index (χ1n) is 5.75. The summed E-state index contributed by atoms with van der Waals surface area (Å²) in [5.41, 5.74) is 0.461. The number of hydrogen-bond acceptors (Lipinski definition) is 4. The summed E-state index contributed by atoms with van der Waals surface area (Å²) >= 11 is 0. The van der Waals surface area contributed by atoms with Crippen LogP contribution in [-0.4, -0.2) is 26.8 Å². The van der Waals surface area contributed by atoms with Gasteiger partial charge < -0.3 is 9.84 Å². The molecule has 0 saturated heterocycles. The fourth-order valence-electron chi connectivity index (χ4n) is 1.57. The summed E-state index contributed by atoms with van der Waals surface area (Å²) in [5.74, 6) is 0.238. The third-order valence-corrected chi connectivity index (χ3v) is 3.84. The number of phenolic OH excluding ortho intramolecular Hbond substituents is 1. The van der Waals surface area contributed by atoms with Gasteiger partial charge in [0.15, 0.2) is 11.5 Å². The predicted octanol–water partition coefficient (Wildman–Crippen LogP) is 2.21. The molecule has 0 saturated carbocycles. The topological polar surface area (TPSA) is 76.0 Å². The van der Waals surface area contributed by atoms with Gasteiger partial charge in [-0.3, -0.25) is 0 Å². The molecule has 5 nitrogen and oxygen atoms in total. The minimum Gasteiger partial charge on any atom is -0.504 e. The van der Waals surface area contributed by atoms with Gasteiger partial charge in [-0.2, -0.15) is 12.8 Å². The Labute approximate surface area is 117 Å². The summed E-state index contributed by atoms with van der Waals surface area (Å²) in [6, 6.07) is 12.4. The number of hydrogen-bond donors (Lipinski definition) is 1. The lowest BCUT2D eigenvalue weighted by Gasteiger charge is -2.03. The third-order valence-electron chi connectivity index (χ3n) is 2.58. The number of phenols is 1. The van der Waals surface area contributed by atoms with Gasteiger partial charge in [-0.15, -0.1) is 0 Å². The van der Waals surface area contributed by atoms with Crippen LogP contribution in [0.1, 0.15) is 5.56 Å². The standard InChI is InChI=1S/C14H13NO4S/c1-19-14-8-7-11(9-13(14)16)10-15-20(17,18)12-5-3-2-4-6-12/h2-10,16H,1H3/b15-10-. The Morgan fingerprint density at radius 1 is 1.15 bits per heavy atom. The Bertz CT molecular complexity index is 724. The number of benzene rings is 2.